The van der Waals surface area contributed by atoms with Gasteiger partial charge in [0.2, 0.25) is 8.32 Å². The van der Waals surface area contributed by atoms with E-state index >= 15 is 0 Å². The first kappa shape index (κ1) is 22.1. The molecule has 136 valence electrons. The Morgan fingerprint density at radius 3 is 1.96 bits per heavy atom. The first-order chi connectivity index (χ1) is 10.7. The van der Waals surface area contributed by atoms with Crippen molar-refractivity contribution in [2.45, 2.75) is 64.3 Å². The molecule has 23 heavy (non-hydrogen) atoms. The molecule has 0 amide bonds. The van der Waals surface area contributed by atoms with E-state index in [2.05, 4.69) is 46.7 Å². The average molecular weight is 347 g/mol. The van der Waals surface area contributed by atoms with Gasteiger partial charge in [0.15, 0.2) is 5.84 Å². The van der Waals surface area contributed by atoms with Crippen LogP contribution in [0.2, 0.25) is 16.6 Å². The van der Waals surface area contributed by atoms with Crippen molar-refractivity contribution >= 4 is 14.2 Å². The minimum Gasteiger partial charge on any atom is -0.412 e. The van der Waals surface area contributed by atoms with E-state index in [9.17, 15) is 5.11 Å². The van der Waals surface area contributed by atoms with Crippen molar-refractivity contribution in [1.29, 1.82) is 0 Å². The molecule has 0 aliphatic heterocycles. The van der Waals surface area contributed by atoms with Gasteiger partial charge in [-0.2, -0.15) is 0 Å². The second kappa shape index (κ2) is 10.8. The van der Waals surface area contributed by atoms with E-state index in [1.807, 2.05) is 12.2 Å². The summed E-state index contributed by atoms with van der Waals surface area (Å²) < 4.78 is 11.6. The largest absolute Gasteiger partial charge is 0.412 e. The van der Waals surface area contributed by atoms with Gasteiger partial charge in [0.25, 0.3) is 0 Å². The number of ether oxygens (including phenoxy) is 1. The number of aliphatic hydroxyl groups excluding tert-OH is 1. The molecular weight excluding hydrogens is 312 g/mol. The van der Waals surface area contributed by atoms with Crippen molar-refractivity contribution < 1.29 is 19.5 Å². The van der Waals surface area contributed by atoms with Gasteiger partial charge in [-0.1, -0.05) is 58.9 Å². The highest BCUT2D eigenvalue weighted by Crippen LogP contribution is 2.42. The van der Waals surface area contributed by atoms with Crippen molar-refractivity contribution in [3.8, 4) is 0 Å². The molecule has 0 rings (SSSR count). The summed E-state index contributed by atoms with van der Waals surface area (Å²) in [5.41, 5.74) is 6.92. The molecule has 4 N–H and O–H groups in total. The Labute approximate surface area is 141 Å². The zero-order valence-corrected chi connectivity index (χ0v) is 16.3. The lowest BCUT2D eigenvalue weighted by Crippen LogP contribution is -2.47. The molecule has 1 atom stereocenters. The molecule has 0 radical (unpaired) electrons. The van der Waals surface area contributed by atoms with Crippen LogP contribution in [0.5, 0.6) is 0 Å². The molecule has 0 aromatic carbocycles. The van der Waals surface area contributed by atoms with Crippen LogP contribution in [-0.2, 0) is 9.16 Å². The maximum absolute atomic E-state index is 9.43. The predicted octanol–water partition coefficient (Wildman–Crippen LogP) is 2.86. The summed E-state index contributed by atoms with van der Waals surface area (Å²) in [7, 11) is -1.83. The smallest absolute Gasteiger partial charge is 0.200 e. The molecule has 0 aliphatic rings. The van der Waals surface area contributed by atoms with E-state index in [1.165, 1.54) is 0 Å². The van der Waals surface area contributed by atoms with Crippen LogP contribution in [0.15, 0.2) is 17.3 Å². The van der Waals surface area contributed by atoms with Crippen LogP contribution in [0.25, 0.3) is 0 Å². The number of amidine groups is 1. The highest BCUT2D eigenvalue weighted by Gasteiger charge is 2.44. The Morgan fingerprint density at radius 1 is 1.04 bits per heavy atom. The first-order valence-electron chi connectivity index (χ1n) is 8.22. The lowest BCUT2D eigenvalue weighted by atomic mass is 10.3. The highest BCUT2D eigenvalue weighted by molar-refractivity contribution is 6.77. The molecule has 0 spiro atoms. The summed E-state index contributed by atoms with van der Waals surface area (Å²) in [5.74, 6) is -0.251. The fraction of sp³-hybridized carbons (Fsp3) is 0.812. The number of hydrogen-bond acceptors (Lipinski definition) is 5. The van der Waals surface area contributed by atoms with Crippen molar-refractivity contribution in [3.05, 3.63) is 12.2 Å². The van der Waals surface area contributed by atoms with Crippen molar-refractivity contribution in [2.75, 3.05) is 19.8 Å². The molecule has 1 unspecified atom stereocenters. The van der Waals surface area contributed by atoms with Gasteiger partial charge in [-0.3, -0.25) is 0 Å². The van der Waals surface area contributed by atoms with E-state index in [0.717, 1.165) is 0 Å². The van der Waals surface area contributed by atoms with Gasteiger partial charge in [-0.05, 0) is 16.6 Å². The van der Waals surface area contributed by atoms with Crippen molar-refractivity contribution in [3.63, 3.8) is 0 Å². The van der Waals surface area contributed by atoms with Gasteiger partial charge in [0, 0.05) is 0 Å². The van der Waals surface area contributed by atoms with Gasteiger partial charge in [0.1, 0.15) is 6.10 Å². The van der Waals surface area contributed by atoms with Crippen LogP contribution in [0.4, 0.5) is 0 Å². The molecule has 0 saturated carbocycles. The summed E-state index contributed by atoms with van der Waals surface area (Å²) in [5, 5.41) is 20.6. The molecule has 0 aliphatic carbocycles. The topological polar surface area (TPSA) is 97.3 Å². The number of nitrogens with zero attached hydrogens (tertiary/aromatic N) is 1. The lowest BCUT2D eigenvalue weighted by molar-refractivity contribution is 0.0816. The van der Waals surface area contributed by atoms with Crippen molar-refractivity contribution in [2.24, 2.45) is 10.9 Å². The Balaban J connectivity index is 4.31. The Kier molecular flexibility index (Phi) is 10.4. The zero-order chi connectivity index (χ0) is 18.0. The Hall–Kier alpha value is -0.893. The normalized spacial score (nSPS) is 15.3. The van der Waals surface area contributed by atoms with Crippen molar-refractivity contribution in [1.82, 2.24) is 0 Å². The SMILES string of the molecule is CC(C)[Si](OC/C=C\COCC(O)/C(N)=N\O)(C(C)C)C(C)C. The average Bonchev–Trinajstić information content (AvgIpc) is 2.47. The van der Waals surface area contributed by atoms with E-state index < -0.39 is 14.4 Å². The van der Waals surface area contributed by atoms with E-state index in [4.69, 9.17) is 20.1 Å². The Bertz CT molecular complexity index is 363. The minimum absolute atomic E-state index is 0.0102. The molecule has 7 heteroatoms. The highest BCUT2D eigenvalue weighted by atomic mass is 28.4. The summed E-state index contributed by atoms with van der Waals surface area (Å²) in [6, 6.07) is 0. The number of hydrogen-bond donors (Lipinski definition) is 3. The summed E-state index contributed by atoms with van der Waals surface area (Å²) >= 11 is 0. The zero-order valence-electron chi connectivity index (χ0n) is 15.3. The standard InChI is InChI=1S/C16H34N2O4Si/c1-12(2)23(13(3)4,14(5)6)22-10-8-7-9-21-11-15(19)16(17)18-20/h7-8,12-15,19-20H,9-11H2,1-6H3,(H2,17,18)/b8-7-. The molecule has 0 fully saturated rings. The molecule has 0 aromatic heterocycles. The number of rotatable bonds is 11. The van der Waals surface area contributed by atoms with Gasteiger partial charge >= 0.3 is 0 Å². The molecule has 0 aromatic rings. The molecular formula is C16H34N2O4Si. The van der Waals surface area contributed by atoms with Crippen LogP contribution in [-0.4, -0.2) is 50.4 Å². The monoisotopic (exact) mass is 346 g/mol. The molecule has 6 nitrogen and oxygen atoms in total. The molecule has 0 saturated heterocycles. The van der Waals surface area contributed by atoms with Gasteiger partial charge < -0.3 is 25.2 Å². The predicted molar refractivity (Wildman–Crippen MR) is 96.4 cm³/mol. The fourth-order valence-corrected chi connectivity index (χ4v) is 8.61. The second-order valence-corrected chi connectivity index (χ2v) is 12.1. The number of nitrogens with two attached hydrogens (primary N) is 1. The maximum Gasteiger partial charge on any atom is 0.200 e. The van der Waals surface area contributed by atoms with Gasteiger partial charge in [-0.25, -0.2) is 0 Å². The number of oxime groups is 1. The third-order valence-corrected chi connectivity index (χ3v) is 10.3. The van der Waals surface area contributed by atoms with Crippen LogP contribution >= 0.6 is 0 Å². The van der Waals surface area contributed by atoms with E-state index in [0.29, 0.717) is 29.8 Å². The fourth-order valence-electron chi connectivity index (χ4n) is 3.23. The summed E-state index contributed by atoms with van der Waals surface area (Å²) in [6.07, 6.45) is 2.72. The first-order valence-corrected chi connectivity index (χ1v) is 10.4. The molecule has 0 bridgehead atoms. The van der Waals surface area contributed by atoms with Crippen LogP contribution in [0, 0.1) is 0 Å². The lowest BCUT2D eigenvalue weighted by Gasteiger charge is -2.41. The summed E-state index contributed by atoms with van der Waals surface area (Å²) in [4.78, 5) is 0. The second-order valence-electron chi connectivity index (χ2n) is 6.68. The summed E-state index contributed by atoms with van der Waals surface area (Å²) in [6.45, 7) is 14.5. The van der Waals surface area contributed by atoms with E-state index in [-0.39, 0.29) is 12.4 Å². The van der Waals surface area contributed by atoms with Gasteiger partial charge in [-0.15, -0.1) is 0 Å². The third kappa shape index (κ3) is 6.62. The number of aliphatic hydroxyl groups is 1. The quantitative estimate of drug-likeness (QED) is 0.102. The maximum atomic E-state index is 9.43. The van der Waals surface area contributed by atoms with Crippen LogP contribution in [0.3, 0.4) is 0 Å². The van der Waals surface area contributed by atoms with Crippen LogP contribution in [0.1, 0.15) is 41.5 Å². The Morgan fingerprint density at radius 2 is 1.52 bits per heavy atom. The van der Waals surface area contributed by atoms with Gasteiger partial charge in [0.05, 0.1) is 19.8 Å². The third-order valence-electron chi connectivity index (χ3n) is 4.25. The minimum atomic E-state index is -1.83. The van der Waals surface area contributed by atoms with E-state index in [1.54, 1.807) is 0 Å². The molecule has 0 heterocycles. The van der Waals surface area contributed by atoms with Crippen LogP contribution < -0.4 is 5.73 Å².